The lowest BCUT2D eigenvalue weighted by Gasteiger charge is -2.21. The van der Waals surface area contributed by atoms with E-state index in [1.807, 2.05) is 31.2 Å². The van der Waals surface area contributed by atoms with Crippen LogP contribution in [0.25, 0.3) is 0 Å². The summed E-state index contributed by atoms with van der Waals surface area (Å²) in [6, 6.07) is 13.3. The van der Waals surface area contributed by atoms with E-state index in [1.165, 1.54) is 29.2 Å². The number of anilines is 1. The Kier molecular flexibility index (Phi) is 6.26. The van der Waals surface area contributed by atoms with Gasteiger partial charge in [-0.1, -0.05) is 29.8 Å². The molecule has 2 aromatic rings. The van der Waals surface area contributed by atoms with Crippen LogP contribution in [-0.2, 0) is 20.9 Å². The quantitative estimate of drug-likeness (QED) is 0.815. The summed E-state index contributed by atoms with van der Waals surface area (Å²) in [5, 5.41) is 2.62. The highest BCUT2D eigenvalue weighted by molar-refractivity contribution is 5.96. The van der Waals surface area contributed by atoms with Crippen LogP contribution in [0.1, 0.15) is 17.5 Å². The molecule has 1 aliphatic rings. The van der Waals surface area contributed by atoms with Gasteiger partial charge in [0.2, 0.25) is 17.7 Å². The zero-order valence-corrected chi connectivity index (χ0v) is 16.5. The van der Waals surface area contributed by atoms with Gasteiger partial charge in [0.25, 0.3) is 0 Å². The van der Waals surface area contributed by atoms with Crippen molar-refractivity contribution in [3.05, 3.63) is 65.5 Å². The van der Waals surface area contributed by atoms with E-state index in [0.717, 1.165) is 11.1 Å². The van der Waals surface area contributed by atoms with Gasteiger partial charge in [0, 0.05) is 32.2 Å². The first-order valence-electron chi connectivity index (χ1n) is 9.45. The Labute approximate surface area is 169 Å². The molecule has 2 aromatic carbocycles. The maximum Gasteiger partial charge on any atom is 0.243 e. The van der Waals surface area contributed by atoms with Crippen LogP contribution >= 0.6 is 0 Å². The molecule has 0 saturated carbocycles. The van der Waals surface area contributed by atoms with E-state index in [-0.39, 0.29) is 30.7 Å². The van der Waals surface area contributed by atoms with Crippen LogP contribution in [-0.4, -0.2) is 47.7 Å². The Hall–Kier alpha value is -3.22. The second-order valence-electron chi connectivity index (χ2n) is 7.41. The first-order chi connectivity index (χ1) is 13.8. The number of carbonyl (C=O) groups is 3. The molecule has 0 radical (unpaired) electrons. The molecule has 3 rings (SSSR count). The highest BCUT2D eigenvalue weighted by Crippen LogP contribution is 2.22. The van der Waals surface area contributed by atoms with Gasteiger partial charge in [-0.3, -0.25) is 14.4 Å². The number of halogens is 1. The molecule has 1 aliphatic heterocycles. The lowest BCUT2D eigenvalue weighted by Crippen LogP contribution is -2.39. The van der Waals surface area contributed by atoms with E-state index in [9.17, 15) is 18.8 Å². The molecule has 6 nitrogen and oxygen atoms in total. The Morgan fingerprint density at radius 3 is 2.45 bits per heavy atom. The Morgan fingerprint density at radius 2 is 1.79 bits per heavy atom. The standard InChI is InChI=1S/C22H24FN3O3/c1-15-3-5-16(6-4-15)12-26-13-17(11-21(26)28)22(29)25(2)14-20(27)24-19-9-7-18(23)8-10-19/h3-10,17H,11-14H2,1-2H3,(H,24,27)/t17-/m1/s1. The van der Waals surface area contributed by atoms with E-state index < -0.39 is 11.7 Å². The predicted octanol–water partition coefficient (Wildman–Crippen LogP) is 2.58. The second-order valence-corrected chi connectivity index (χ2v) is 7.41. The van der Waals surface area contributed by atoms with Gasteiger partial charge >= 0.3 is 0 Å². The fourth-order valence-corrected chi connectivity index (χ4v) is 3.34. The fraction of sp³-hybridized carbons (Fsp3) is 0.318. The molecule has 1 saturated heterocycles. The lowest BCUT2D eigenvalue weighted by molar-refractivity contribution is -0.137. The maximum atomic E-state index is 12.9. The largest absolute Gasteiger partial charge is 0.338 e. The van der Waals surface area contributed by atoms with Crippen molar-refractivity contribution in [2.75, 3.05) is 25.5 Å². The van der Waals surface area contributed by atoms with Crippen molar-refractivity contribution in [1.29, 1.82) is 0 Å². The zero-order chi connectivity index (χ0) is 21.0. The van der Waals surface area contributed by atoms with Crippen molar-refractivity contribution < 1.29 is 18.8 Å². The van der Waals surface area contributed by atoms with Crippen LogP contribution < -0.4 is 5.32 Å². The van der Waals surface area contributed by atoms with Gasteiger partial charge in [0.1, 0.15) is 5.82 Å². The monoisotopic (exact) mass is 397 g/mol. The van der Waals surface area contributed by atoms with Crippen molar-refractivity contribution in [3.8, 4) is 0 Å². The number of nitrogens with zero attached hydrogens (tertiary/aromatic N) is 2. The number of rotatable bonds is 6. The molecule has 1 heterocycles. The highest BCUT2D eigenvalue weighted by Gasteiger charge is 2.36. The molecule has 7 heteroatoms. The van der Waals surface area contributed by atoms with Crippen LogP contribution in [0.3, 0.4) is 0 Å². The van der Waals surface area contributed by atoms with Gasteiger partial charge in [-0.15, -0.1) is 0 Å². The summed E-state index contributed by atoms with van der Waals surface area (Å²) in [5.41, 5.74) is 2.62. The van der Waals surface area contributed by atoms with E-state index in [2.05, 4.69) is 5.32 Å². The van der Waals surface area contributed by atoms with Crippen LogP contribution in [0.4, 0.5) is 10.1 Å². The highest BCUT2D eigenvalue weighted by atomic mass is 19.1. The molecule has 3 amide bonds. The van der Waals surface area contributed by atoms with Crippen molar-refractivity contribution >= 4 is 23.4 Å². The van der Waals surface area contributed by atoms with Crippen LogP contribution in [0.2, 0.25) is 0 Å². The molecular formula is C22H24FN3O3. The topological polar surface area (TPSA) is 69.7 Å². The Morgan fingerprint density at radius 1 is 1.14 bits per heavy atom. The third kappa shape index (κ3) is 5.40. The summed E-state index contributed by atoms with van der Waals surface area (Å²) in [6.45, 7) is 2.67. The van der Waals surface area contributed by atoms with E-state index in [0.29, 0.717) is 18.8 Å². The smallest absolute Gasteiger partial charge is 0.243 e. The molecule has 0 unspecified atom stereocenters. The number of likely N-dealkylation sites (tertiary alicyclic amines) is 1. The molecule has 0 aliphatic carbocycles. The number of likely N-dealkylation sites (N-methyl/N-ethyl adjacent to an activating group) is 1. The zero-order valence-electron chi connectivity index (χ0n) is 16.5. The van der Waals surface area contributed by atoms with E-state index >= 15 is 0 Å². The number of hydrogen-bond donors (Lipinski definition) is 1. The van der Waals surface area contributed by atoms with Crippen molar-refractivity contribution in [2.45, 2.75) is 19.9 Å². The number of benzene rings is 2. The lowest BCUT2D eigenvalue weighted by atomic mass is 10.1. The average Bonchev–Trinajstić information content (AvgIpc) is 3.05. The van der Waals surface area contributed by atoms with Gasteiger partial charge in [-0.25, -0.2) is 4.39 Å². The predicted molar refractivity (Wildman–Crippen MR) is 107 cm³/mol. The van der Waals surface area contributed by atoms with E-state index in [4.69, 9.17) is 0 Å². The SMILES string of the molecule is Cc1ccc(CN2C[C@H](C(=O)N(C)CC(=O)Nc3ccc(F)cc3)CC2=O)cc1. The summed E-state index contributed by atoms with van der Waals surface area (Å²) >= 11 is 0. The van der Waals surface area contributed by atoms with Gasteiger partial charge < -0.3 is 15.1 Å². The third-order valence-electron chi connectivity index (χ3n) is 4.94. The minimum atomic E-state index is -0.462. The minimum Gasteiger partial charge on any atom is -0.338 e. The first-order valence-corrected chi connectivity index (χ1v) is 9.45. The van der Waals surface area contributed by atoms with Gasteiger partial charge in [0.15, 0.2) is 0 Å². The van der Waals surface area contributed by atoms with E-state index in [1.54, 1.807) is 11.9 Å². The summed E-state index contributed by atoms with van der Waals surface area (Å²) in [4.78, 5) is 40.2. The summed E-state index contributed by atoms with van der Waals surface area (Å²) in [5.74, 6) is -1.53. The summed E-state index contributed by atoms with van der Waals surface area (Å²) < 4.78 is 12.9. The molecular weight excluding hydrogens is 373 g/mol. The third-order valence-corrected chi connectivity index (χ3v) is 4.94. The van der Waals surface area contributed by atoms with Crippen LogP contribution in [0.15, 0.2) is 48.5 Å². The Bertz CT molecular complexity index is 897. The van der Waals surface area contributed by atoms with Gasteiger partial charge in [-0.05, 0) is 36.8 Å². The fourth-order valence-electron chi connectivity index (χ4n) is 3.34. The number of aryl methyl sites for hydroxylation is 1. The molecule has 0 spiro atoms. The normalized spacial score (nSPS) is 16.0. The molecule has 0 bridgehead atoms. The van der Waals surface area contributed by atoms with Crippen LogP contribution in [0, 0.1) is 18.7 Å². The van der Waals surface area contributed by atoms with Crippen molar-refractivity contribution in [1.82, 2.24) is 9.80 Å². The molecule has 0 aromatic heterocycles. The number of carbonyl (C=O) groups excluding carboxylic acids is 3. The maximum absolute atomic E-state index is 12.9. The van der Waals surface area contributed by atoms with Crippen molar-refractivity contribution in [3.63, 3.8) is 0 Å². The molecule has 1 atom stereocenters. The number of nitrogens with one attached hydrogen (secondary N) is 1. The molecule has 1 fully saturated rings. The first kappa shape index (κ1) is 20.5. The van der Waals surface area contributed by atoms with Gasteiger partial charge in [0.05, 0.1) is 12.5 Å². The summed E-state index contributed by atoms with van der Waals surface area (Å²) in [7, 11) is 1.54. The van der Waals surface area contributed by atoms with Crippen LogP contribution in [0.5, 0.6) is 0 Å². The second kappa shape index (κ2) is 8.86. The number of hydrogen-bond acceptors (Lipinski definition) is 3. The summed E-state index contributed by atoms with van der Waals surface area (Å²) in [6.07, 6.45) is 0.147. The molecule has 152 valence electrons. The van der Waals surface area contributed by atoms with Crippen molar-refractivity contribution in [2.24, 2.45) is 5.92 Å². The molecule has 29 heavy (non-hydrogen) atoms. The Balaban J connectivity index is 1.52. The minimum absolute atomic E-state index is 0.0620. The number of amides is 3. The molecule has 1 N–H and O–H groups in total. The van der Waals surface area contributed by atoms with Gasteiger partial charge in [-0.2, -0.15) is 0 Å². The average molecular weight is 397 g/mol.